The molecule has 1 aromatic carbocycles. The van der Waals surface area contributed by atoms with Crippen LogP contribution in [0.15, 0.2) is 30.3 Å². The zero-order valence-electron chi connectivity index (χ0n) is 12.6. The Morgan fingerprint density at radius 1 is 1.23 bits per heavy atom. The number of rotatable bonds is 9. The lowest BCUT2D eigenvalue weighted by Crippen LogP contribution is -2.39. The molecule has 0 saturated heterocycles. The standard InChI is InChI=1S/C16H22F3NO2/c1-12(9-10-16(17,18)19)20-14(7-8-15(21)22)11-13-5-3-2-4-6-13/h2-6,12,14,20H,7-11H2,1H3,(H,21,22). The first kappa shape index (κ1) is 18.5. The van der Waals surface area contributed by atoms with Crippen LogP contribution < -0.4 is 5.32 Å². The highest BCUT2D eigenvalue weighted by Gasteiger charge is 2.27. The van der Waals surface area contributed by atoms with Crippen molar-refractivity contribution in [1.29, 1.82) is 0 Å². The molecular formula is C16H22F3NO2. The van der Waals surface area contributed by atoms with Crippen LogP contribution in [0.2, 0.25) is 0 Å². The van der Waals surface area contributed by atoms with Crippen LogP contribution in [0, 0.1) is 0 Å². The Morgan fingerprint density at radius 3 is 2.41 bits per heavy atom. The predicted octanol–water partition coefficient (Wildman–Crippen LogP) is 3.78. The van der Waals surface area contributed by atoms with Gasteiger partial charge in [0.1, 0.15) is 0 Å². The Balaban J connectivity index is 2.55. The number of carboxylic acid groups (broad SMARTS) is 1. The normalized spacial score (nSPS) is 14.5. The summed E-state index contributed by atoms with van der Waals surface area (Å²) >= 11 is 0. The van der Waals surface area contributed by atoms with Gasteiger partial charge in [0.05, 0.1) is 0 Å². The monoisotopic (exact) mass is 317 g/mol. The number of alkyl halides is 3. The van der Waals surface area contributed by atoms with Crippen LogP contribution in [-0.4, -0.2) is 29.3 Å². The number of halogens is 3. The molecule has 0 saturated carbocycles. The van der Waals surface area contributed by atoms with Crippen molar-refractivity contribution in [2.24, 2.45) is 0 Å². The van der Waals surface area contributed by atoms with Crippen molar-refractivity contribution < 1.29 is 23.1 Å². The second-order valence-corrected chi connectivity index (χ2v) is 5.54. The fourth-order valence-electron chi connectivity index (χ4n) is 2.31. The van der Waals surface area contributed by atoms with Gasteiger partial charge in [-0.3, -0.25) is 4.79 Å². The van der Waals surface area contributed by atoms with E-state index in [0.29, 0.717) is 12.8 Å². The lowest BCUT2D eigenvalue weighted by molar-refractivity contribution is -0.137. The van der Waals surface area contributed by atoms with Crippen molar-refractivity contribution in [1.82, 2.24) is 5.32 Å². The Kier molecular flexibility index (Phi) is 7.38. The molecule has 0 aromatic heterocycles. The Morgan fingerprint density at radius 2 is 1.86 bits per heavy atom. The predicted molar refractivity (Wildman–Crippen MR) is 78.7 cm³/mol. The Bertz CT molecular complexity index is 448. The van der Waals surface area contributed by atoms with Crippen LogP contribution in [0.3, 0.4) is 0 Å². The molecule has 0 aliphatic heterocycles. The van der Waals surface area contributed by atoms with Crippen molar-refractivity contribution in [2.45, 2.75) is 57.3 Å². The van der Waals surface area contributed by atoms with E-state index in [0.717, 1.165) is 5.56 Å². The summed E-state index contributed by atoms with van der Waals surface area (Å²) in [6, 6.07) is 9.04. The van der Waals surface area contributed by atoms with Gasteiger partial charge in [0.15, 0.2) is 0 Å². The highest BCUT2D eigenvalue weighted by molar-refractivity contribution is 5.66. The van der Waals surface area contributed by atoms with E-state index in [2.05, 4.69) is 5.32 Å². The molecule has 2 atom stereocenters. The molecule has 2 unspecified atom stereocenters. The third kappa shape index (κ3) is 8.67. The van der Waals surface area contributed by atoms with E-state index in [1.165, 1.54) is 0 Å². The van der Waals surface area contributed by atoms with Crippen LogP contribution in [0.1, 0.15) is 38.2 Å². The first-order chi connectivity index (χ1) is 10.3. The third-order valence-electron chi connectivity index (χ3n) is 3.41. The second-order valence-electron chi connectivity index (χ2n) is 5.54. The lowest BCUT2D eigenvalue weighted by Gasteiger charge is -2.23. The maximum absolute atomic E-state index is 12.2. The number of carbonyl (C=O) groups is 1. The zero-order valence-corrected chi connectivity index (χ0v) is 12.6. The molecule has 3 nitrogen and oxygen atoms in total. The summed E-state index contributed by atoms with van der Waals surface area (Å²) in [6.07, 6.45) is -4.02. The molecule has 0 aliphatic carbocycles. The van der Waals surface area contributed by atoms with E-state index in [1.807, 2.05) is 30.3 Å². The van der Waals surface area contributed by atoms with E-state index in [1.54, 1.807) is 6.92 Å². The maximum Gasteiger partial charge on any atom is 0.389 e. The molecule has 22 heavy (non-hydrogen) atoms. The molecule has 1 rings (SSSR count). The molecule has 0 amide bonds. The van der Waals surface area contributed by atoms with Crippen LogP contribution in [0.25, 0.3) is 0 Å². The zero-order chi connectivity index (χ0) is 16.6. The fourth-order valence-corrected chi connectivity index (χ4v) is 2.31. The molecule has 0 fully saturated rings. The van der Waals surface area contributed by atoms with E-state index in [9.17, 15) is 18.0 Å². The molecule has 0 spiro atoms. The number of nitrogens with one attached hydrogen (secondary N) is 1. The van der Waals surface area contributed by atoms with Gasteiger partial charge in [-0.1, -0.05) is 30.3 Å². The molecular weight excluding hydrogens is 295 g/mol. The van der Waals surface area contributed by atoms with Gasteiger partial charge in [0.2, 0.25) is 0 Å². The smallest absolute Gasteiger partial charge is 0.389 e. The van der Waals surface area contributed by atoms with Crippen molar-refractivity contribution >= 4 is 5.97 Å². The summed E-state index contributed by atoms with van der Waals surface area (Å²) in [5.41, 5.74) is 1.04. The second kappa shape index (κ2) is 8.78. The van der Waals surface area contributed by atoms with Crippen LogP contribution in [-0.2, 0) is 11.2 Å². The van der Waals surface area contributed by atoms with Crippen LogP contribution in [0.5, 0.6) is 0 Å². The average molecular weight is 317 g/mol. The van der Waals surface area contributed by atoms with Crippen LogP contribution >= 0.6 is 0 Å². The van der Waals surface area contributed by atoms with E-state index < -0.39 is 18.6 Å². The summed E-state index contributed by atoms with van der Waals surface area (Å²) in [6.45, 7) is 1.70. The van der Waals surface area contributed by atoms with Crippen molar-refractivity contribution in [2.75, 3.05) is 0 Å². The van der Waals surface area contributed by atoms with E-state index >= 15 is 0 Å². The van der Waals surface area contributed by atoms with Crippen molar-refractivity contribution in [3.05, 3.63) is 35.9 Å². The highest BCUT2D eigenvalue weighted by atomic mass is 19.4. The number of aliphatic carboxylic acids is 1. The SMILES string of the molecule is CC(CCC(F)(F)F)NC(CCC(=O)O)Cc1ccccc1. The topological polar surface area (TPSA) is 49.3 Å². The van der Waals surface area contributed by atoms with Gasteiger partial charge >= 0.3 is 12.1 Å². The summed E-state index contributed by atoms with van der Waals surface area (Å²) in [5.74, 6) is -0.900. The molecule has 6 heteroatoms. The Labute approximate surface area is 128 Å². The largest absolute Gasteiger partial charge is 0.481 e. The van der Waals surface area contributed by atoms with Gasteiger partial charge in [-0.05, 0) is 31.7 Å². The number of carboxylic acids is 1. The van der Waals surface area contributed by atoms with E-state index in [4.69, 9.17) is 5.11 Å². The Hall–Kier alpha value is -1.56. The summed E-state index contributed by atoms with van der Waals surface area (Å²) in [5, 5.41) is 11.9. The van der Waals surface area contributed by atoms with Crippen molar-refractivity contribution in [3.8, 4) is 0 Å². The summed E-state index contributed by atoms with van der Waals surface area (Å²) in [7, 11) is 0. The molecule has 1 aromatic rings. The minimum Gasteiger partial charge on any atom is -0.481 e. The minimum atomic E-state index is -4.16. The molecule has 0 bridgehead atoms. The number of hydrogen-bond acceptors (Lipinski definition) is 2. The molecule has 2 N–H and O–H groups in total. The third-order valence-corrected chi connectivity index (χ3v) is 3.41. The van der Waals surface area contributed by atoms with Gasteiger partial charge in [-0.25, -0.2) is 0 Å². The average Bonchev–Trinajstić information content (AvgIpc) is 2.43. The molecule has 0 radical (unpaired) electrons. The fraction of sp³-hybridized carbons (Fsp3) is 0.562. The van der Waals surface area contributed by atoms with Gasteiger partial charge < -0.3 is 10.4 Å². The van der Waals surface area contributed by atoms with Crippen molar-refractivity contribution in [3.63, 3.8) is 0 Å². The first-order valence-electron chi connectivity index (χ1n) is 7.35. The highest BCUT2D eigenvalue weighted by Crippen LogP contribution is 2.22. The molecule has 0 heterocycles. The van der Waals surface area contributed by atoms with Gasteiger partial charge in [0, 0.05) is 24.9 Å². The lowest BCUT2D eigenvalue weighted by atomic mass is 10.00. The van der Waals surface area contributed by atoms with E-state index in [-0.39, 0.29) is 24.9 Å². The summed E-state index contributed by atoms with van der Waals surface area (Å²) in [4.78, 5) is 10.7. The van der Waals surface area contributed by atoms with Gasteiger partial charge in [-0.2, -0.15) is 13.2 Å². The van der Waals surface area contributed by atoms with Crippen LogP contribution in [0.4, 0.5) is 13.2 Å². The first-order valence-corrected chi connectivity index (χ1v) is 7.35. The van der Waals surface area contributed by atoms with Gasteiger partial charge in [-0.15, -0.1) is 0 Å². The minimum absolute atomic E-state index is 0.00348. The number of hydrogen-bond donors (Lipinski definition) is 2. The molecule has 124 valence electrons. The number of benzene rings is 1. The summed E-state index contributed by atoms with van der Waals surface area (Å²) < 4.78 is 36.7. The quantitative estimate of drug-likeness (QED) is 0.728. The van der Waals surface area contributed by atoms with Gasteiger partial charge in [0.25, 0.3) is 0 Å². The maximum atomic E-state index is 12.2. The molecule has 0 aliphatic rings.